The number of rotatable bonds is 5. The van der Waals surface area contributed by atoms with Crippen molar-refractivity contribution in [1.82, 2.24) is 10.2 Å². The van der Waals surface area contributed by atoms with E-state index in [9.17, 15) is 4.79 Å². The Morgan fingerprint density at radius 3 is 2.36 bits per heavy atom. The molecule has 2 aromatic carbocycles. The summed E-state index contributed by atoms with van der Waals surface area (Å²) in [5, 5.41) is 3.10. The van der Waals surface area contributed by atoms with E-state index in [0.29, 0.717) is 11.5 Å². The van der Waals surface area contributed by atoms with Gasteiger partial charge in [-0.2, -0.15) is 0 Å². The zero-order chi connectivity index (χ0) is 25.8. The highest BCUT2D eigenvalue weighted by molar-refractivity contribution is 5.72. The van der Waals surface area contributed by atoms with Gasteiger partial charge in [-0.05, 0) is 123 Å². The zero-order valence-corrected chi connectivity index (χ0v) is 22.4. The molecule has 2 atom stereocenters. The van der Waals surface area contributed by atoms with Crippen molar-refractivity contribution in [3.05, 3.63) is 52.3 Å². The van der Waals surface area contributed by atoms with E-state index < -0.39 is 6.09 Å². The first kappa shape index (κ1) is 25.1. The van der Waals surface area contributed by atoms with Crippen LogP contribution in [0.1, 0.15) is 68.8 Å². The number of piperidine rings is 3. The molecule has 3 saturated heterocycles. The molecule has 2 aromatic rings. The summed E-state index contributed by atoms with van der Waals surface area (Å²) in [7, 11) is 0. The third-order valence-electron chi connectivity index (χ3n) is 8.21. The Bertz CT molecular complexity index is 1140. The molecule has 3 aliphatic heterocycles. The minimum Gasteiger partial charge on any atom is -0.490 e. The molecule has 4 aliphatic rings. The van der Waals surface area contributed by atoms with Crippen molar-refractivity contribution in [3.63, 3.8) is 0 Å². The number of ether oxygens (including phenoxy) is 2. The largest absolute Gasteiger partial charge is 0.490 e. The second kappa shape index (κ2) is 9.37. The number of alkyl carbamates (subject to hydrolysis) is 1. The summed E-state index contributed by atoms with van der Waals surface area (Å²) in [6.45, 7) is 15.3. The van der Waals surface area contributed by atoms with Gasteiger partial charge in [0.25, 0.3) is 0 Å². The lowest BCUT2D eigenvalue weighted by Gasteiger charge is -2.44. The molecule has 0 spiro atoms. The highest BCUT2D eigenvalue weighted by atomic mass is 19.1. The van der Waals surface area contributed by atoms with Gasteiger partial charge in [0.2, 0.25) is 0 Å². The third kappa shape index (κ3) is 4.72. The Labute approximate surface area is 214 Å². The van der Waals surface area contributed by atoms with Gasteiger partial charge in [0.15, 0.2) is 0 Å². The van der Waals surface area contributed by atoms with Gasteiger partial charge in [-0.1, -0.05) is 13.8 Å². The van der Waals surface area contributed by atoms with Crippen LogP contribution in [0.4, 0.5) is 9.18 Å². The molecule has 0 saturated carbocycles. The fourth-order valence-electron chi connectivity index (χ4n) is 6.42. The summed E-state index contributed by atoms with van der Waals surface area (Å²) < 4.78 is 27.4. The Morgan fingerprint density at radius 1 is 1.11 bits per heavy atom. The van der Waals surface area contributed by atoms with E-state index in [1.807, 2.05) is 45.9 Å². The van der Waals surface area contributed by atoms with E-state index in [1.165, 1.54) is 0 Å². The number of hydrogen-bond acceptors (Lipinski definition) is 4. The fraction of sp³-hybridized carbons (Fsp3) is 0.567. The highest BCUT2D eigenvalue weighted by Gasteiger charge is 2.42. The van der Waals surface area contributed by atoms with E-state index in [-0.39, 0.29) is 29.5 Å². The second-order valence-corrected chi connectivity index (χ2v) is 12.0. The van der Waals surface area contributed by atoms with Gasteiger partial charge in [-0.15, -0.1) is 0 Å². The Kier molecular flexibility index (Phi) is 6.52. The van der Waals surface area contributed by atoms with Crippen molar-refractivity contribution >= 4 is 6.09 Å². The summed E-state index contributed by atoms with van der Waals surface area (Å²) in [5.74, 6) is 1.04. The summed E-state index contributed by atoms with van der Waals surface area (Å²) in [6, 6.07) is 7.27. The number of aryl methyl sites for hydroxylation is 2. The third-order valence-corrected chi connectivity index (χ3v) is 8.21. The number of hydrogen-bond donors (Lipinski definition) is 1. The van der Waals surface area contributed by atoms with Crippen molar-refractivity contribution in [3.8, 4) is 16.9 Å². The monoisotopic (exact) mass is 494 g/mol. The summed E-state index contributed by atoms with van der Waals surface area (Å²) in [5.41, 5.74) is 5.09. The van der Waals surface area contributed by atoms with Gasteiger partial charge in [0.05, 0.1) is 12.1 Å². The Morgan fingerprint density at radius 2 is 1.78 bits per heavy atom. The lowest BCUT2D eigenvalue weighted by atomic mass is 9.85. The van der Waals surface area contributed by atoms with Crippen molar-refractivity contribution in [2.45, 2.75) is 79.1 Å². The normalized spacial score (nSPS) is 26.1. The first-order valence-electron chi connectivity index (χ1n) is 13.3. The van der Waals surface area contributed by atoms with Crippen molar-refractivity contribution < 1.29 is 18.7 Å². The predicted molar refractivity (Wildman–Crippen MR) is 140 cm³/mol. The quantitative estimate of drug-likeness (QED) is 0.527. The van der Waals surface area contributed by atoms with Crippen LogP contribution in [-0.4, -0.2) is 42.8 Å². The number of amides is 1. The van der Waals surface area contributed by atoms with E-state index in [2.05, 4.69) is 24.1 Å². The van der Waals surface area contributed by atoms with Gasteiger partial charge in [0.1, 0.15) is 17.7 Å². The zero-order valence-electron chi connectivity index (χ0n) is 22.4. The highest BCUT2D eigenvalue weighted by Crippen LogP contribution is 2.47. The number of nitrogens with one attached hydrogen (secondary N) is 1. The first-order valence-corrected chi connectivity index (χ1v) is 13.3. The number of nitrogens with zero attached hydrogens (tertiary/aromatic N) is 1. The maximum Gasteiger partial charge on any atom is 0.407 e. The molecule has 194 valence electrons. The standard InChI is InChI=1S/C30H39FN2O3/c1-17(2)35-27-18(3)11-21(12-19(27)4)23-13-22-15-30(5,6)28(24(22)14-25(23)31)32-29(34)36-26-16-33-9-7-20(26)8-10-33/h11-14,17,20,26,28H,7-10,15-16H2,1-6H3,(H,32,34)/t26-,28?/m1/s1. The Hall–Kier alpha value is -2.60. The number of carbonyl (C=O) groups excluding carboxylic acids is 1. The molecular formula is C30H39FN2O3. The number of halogens is 1. The lowest BCUT2D eigenvalue weighted by molar-refractivity contribution is -0.0349. The molecule has 6 heteroatoms. The maximum atomic E-state index is 15.6. The van der Waals surface area contributed by atoms with Gasteiger partial charge in [0, 0.05) is 12.1 Å². The topological polar surface area (TPSA) is 50.8 Å². The van der Waals surface area contributed by atoms with Crippen LogP contribution in [0.3, 0.4) is 0 Å². The summed E-state index contributed by atoms with van der Waals surface area (Å²) >= 11 is 0. The summed E-state index contributed by atoms with van der Waals surface area (Å²) in [6.07, 6.45) is 2.57. The van der Waals surface area contributed by atoms with Crippen LogP contribution in [0.2, 0.25) is 0 Å². The molecule has 1 amide bonds. The molecule has 2 bridgehead atoms. The lowest BCUT2D eigenvalue weighted by Crippen LogP contribution is -2.53. The average molecular weight is 495 g/mol. The van der Waals surface area contributed by atoms with Crippen LogP contribution < -0.4 is 10.1 Å². The van der Waals surface area contributed by atoms with Crippen LogP contribution in [-0.2, 0) is 11.2 Å². The molecule has 6 rings (SSSR count). The van der Waals surface area contributed by atoms with E-state index >= 15 is 4.39 Å². The van der Waals surface area contributed by atoms with Crippen LogP contribution in [0.25, 0.3) is 11.1 Å². The van der Waals surface area contributed by atoms with Crippen LogP contribution >= 0.6 is 0 Å². The molecule has 3 heterocycles. The van der Waals surface area contributed by atoms with Crippen molar-refractivity contribution in [2.75, 3.05) is 19.6 Å². The molecule has 0 radical (unpaired) electrons. The maximum absolute atomic E-state index is 15.6. The van der Waals surface area contributed by atoms with E-state index in [4.69, 9.17) is 9.47 Å². The molecule has 5 nitrogen and oxygen atoms in total. The fourth-order valence-corrected chi connectivity index (χ4v) is 6.42. The Balaban J connectivity index is 1.38. The van der Waals surface area contributed by atoms with Crippen LogP contribution in [0.5, 0.6) is 5.75 Å². The van der Waals surface area contributed by atoms with Gasteiger partial charge in [-0.3, -0.25) is 4.90 Å². The minimum atomic E-state index is -0.392. The number of carbonyl (C=O) groups is 1. The predicted octanol–water partition coefficient (Wildman–Crippen LogP) is 6.34. The molecule has 3 fully saturated rings. The molecule has 0 aromatic heterocycles. The van der Waals surface area contributed by atoms with Crippen molar-refractivity contribution in [1.29, 1.82) is 0 Å². The average Bonchev–Trinajstić information content (AvgIpc) is 3.05. The van der Waals surface area contributed by atoms with E-state index in [1.54, 1.807) is 6.07 Å². The molecule has 1 N–H and O–H groups in total. The second-order valence-electron chi connectivity index (χ2n) is 12.0. The number of fused-ring (bicyclic) bond motifs is 4. The van der Waals surface area contributed by atoms with Crippen LogP contribution in [0.15, 0.2) is 24.3 Å². The molecule has 1 unspecified atom stereocenters. The van der Waals surface area contributed by atoms with E-state index in [0.717, 1.165) is 72.5 Å². The molecular weight excluding hydrogens is 455 g/mol. The summed E-state index contributed by atoms with van der Waals surface area (Å²) in [4.78, 5) is 15.3. The van der Waals surface area contributed by atoms with Crippen molar-refractivity contribution in [2.24, 2.45) is 11.3 Å². The van der Waals surface area contributed by atoms with Crippen LogP contribution in [0, 0.1) is 31.0 Å². The van der Waals surface area contributed by atoms with Gasteiger partial charge < -0.3 is 14.8 Å². The SMILES string of the molecule is Cc1cc(-c2cc3c(cc2F)C(NC(=O)O[C@@H]2CN4CCC2CC4)C(C)(C)C3)cc(C)c1OC(C)C. The number of benzene rings is 2. The van der Waals surface area contributed by atoms with Gasteiger partial charge >= 0.3 is 6.09 Å². The minimum absolute atomic E-state index is 0.0512. The smallest absolute Gasteiger partial charge is 0.407 e. The van der Waals surface area contributed by atoms with Gasteiger partial charge in [-0.25, -0.2) is 9.18 Å². The molecule has 1 aliphatic carbocycles. The molecule has 36 heavy (non-hydrogen) atoms. The first-order chi connectivity index (χ1) is 17.0.